The van der Waals surface area contributed by atoms with E-state index in [4.69, 9.17) is 4.74 Å². The summed E-state index contributed by atoms with van der Waals surface area (Å²) in [5, 5.41) is 2.61. The number of hydrogen-bond donors (Lipinski definition) is 2. The Bertz CT molecular complexity index is 770. The van der Waals surface area contributed by atoms with Crippen LogP contribution < -0.4 is 14.8 Å². The summed E-state index contributed by atoms with van der Waals surface area (Å²) in [4.78, 5) is 11.0. The lowest BCUT2D eigenvalue weighted by atomic mass is 10.3. The van der Waals surface area contributed by atoms with Gasteiger partial charge in [0.1, 0.15) is 10.6 Å². The second-order valence-electron chi connectivity index (χ2n) is 4.51. The predicted octanol–water partition coefficient (Wildman–Crippen LogP) is 2.45. The zero-order valence-electron chi connectivity index (χ0n) is 12.2. The predicted molar refractivity (Wildman–Crippen MR) is 84.5 cm³/mol. The third-order valence-electron chi connectivity index (χ3n) is 2.82. The number of amides is 1. The van der Waals surface area contributed by atoms with Crippen LogP contribution in [0.3, 0.4) is 0 Å². The number of hydrogen-bond acceptors (Lipinski definition) is 4. The van der Waals surface area contributed by atoms with Crippen molar-refractivity contribution in [2.75, 3.05) is 17.1 Å². The topological polar surface area (TPSA) is 84.5 Å². The van der Waals surface area contributed by atoms with E-state index in [-0.39, 0.29) is 16.6 Å². The zero-order chi connectivity index (χ0) is 16.2. The van der Waals surface area contributed by atoms with Gasteiger partial charge in [-0.3, -0.25) is 9.52 Å². The summed E-state index contributed by atoms with van der Waals surface area (Å²) in [6, 6.07) is 12.7. The van der Waals surface area contributed by atoms with E-state index in [2.05, 4.69) is 10.0 Å². The van der Waals surface area contributed by atoms with Crippen molar-refractivity contribution in [3.63, 3.8) is 0 Å². The number of rotatable bonds is 5. The molecule has 0 fully saturated rings. The third kappa shape index (κ3) is 3.76. The van der Waals surface area contributed by atoms with E-state index >= 15 is 0 Å². The molecule has 0 atom stereocenters. The molecule has 2 rings (SSSR count). The number of nitrogens with one attached hydrogen (secondary N) is 2. The zero-order valence-corrected chi connectivity index (χ0v) is 13.0. The average Bonchev–Trinajstić information content (AvgIpc) is 2.48. The van der Waals surface area contributed by atoms with Crippen LogP contribution in [-0.4, -0.2) is 21.4 Å². The SMILES string of the molecule is COc1ccccc1S(=O)(=O)Nc1ccc(NC(C)=O)cc1. The van der Waals surface area contributed by atoms with Crippen molar-refractivity contribution in [3.05, 3.63) is 48.5 Å². The maximum absolute atomic E-state index is 12.4. The van der Waals surface area contributed by atoms with Crippen molar-refractivity contribution in [3.8, 4) is 5.75 Å². The molecule has 0 aliphatic carbocycles. The average molecular weight is 320 g/mol. The fourth-order valence-electron chi connectivity index (χ4n) is 1.88. The van der Waals surface area contributed by atoms with Gasteiger partial charge in [-0.1, -0.05) is 12.1 Å². The first kappa shape index (κ1) is 15.8. The van der Waals surface area contributed by atoms with Crippen LogP contribution in [0.25, 0.3) is 0 Å². The maximum atomic E-state index is 12.4. The Morgan fingerprint density at radius 2 is 1.59 bits per heavy atom. The van der Waals surface area contributed by atoms with Crippen molar-refractivity contribution >= 4 is 27.3 Å². The highest BCUT2D eigenvalue weighted by Crippen LogP contribution is 2.25. The van der Waals surface area contributed by atoms with E-state index in [1.54, 1.807) is 42.5 Å². The second kappa shape index (κ2) is 6.48. The molecular formula is C15H16N2O4S. The fraction of sp³-hybridized carbons (Fsp3) is 0.133. The molecule has 1 amide bonds. The largest absolute Gasteiger partial charge is 0.495 e. The van der Waals surface area contributed by atoms with Crippen LogP contribution >= 0.6 is 0 Å². The minimum absolute atomic E-state index is 0.0587. The number of anilines is 2. The maximum Gasteiger partial charge on any atom is 0.265 e. The first-order chi connectivity index (χ1) is 10.4. The molecule has 0 aliphatic rings. The van der Waals surface area contributed by atoms with E-state index in [1.807, 2.05) is 0 Å². The van der Waals surface area contributed by atoms with Gasteiger partial charge in [0.05, 0.1) is 7.11 Å². The molecule has 7 heteroatoms. The van der Waals surface area contributed by atoms with Crippen molar-refractivity contribution < 1.29 is 17.9 Å². The van der Waals surface area contributed by atoms with Crippen molar-refractivity contribution in [2.24, 2.45) is 0 Å². The molecule has 6 nitrogen and oxygen atoms in total. The monoisotopic (exact) mass is 320 g/mol. The minimum atomic E-state index is -3.75. The first-order valence-corrected chi connectivity index (χ1v) is 7.94. The first-order valence-electron chi connectivity index (χ1n) is 6.46. The van der Waals surface area contributed by atoms with Crippen LogP contribution in [0.2, 0.25) is 0 Å². The van der Waals surface area contributed by atoms with E-state index in [9.17, 15) is 13.2 Å². The van der Waals surface area contributed by atoms with Gasteiger partial charge >= 0.3 is 0 Å². The van der Waals surface area contributed by atoms with Crippen LogP contribution in [-0.2, 0) is 14.8 Å². The molecule has 0 saturated heterocycles. The Morgan fingerprint density at radius 3 is 2.18 bits per heavy atom. The van der Waals surface area contributed by atoms with E-state index in [1.165, 1.54) is 20.1 Å². The highest BCUT2D eigenvalue weighted by Gasteiger charge is 2.18. The van der Waals surface area contributed by atoms with Gasteiger partial charge in [-0.15, -0.1) is 0 Å². The molecule has 0 saturated carbocycles. The Hall–Kier alpha value is -2.54. The summed E-state index contributed by atoms with van der Waals surface area (Å²) in [6.45, 7) is 1.40. The van der Waals surface area contributed by atoms with Gasteiger partial charge in [-0.25, -0.2) is 8.42 Å². The highest BCUT2D eigenvalue weighted by molar-refractivity contribution is 7.92. The van der Waals surface area contributed by atoms with Crippen LogP contribution in [0.15, 0.2) is 53.4 Å². The van der Waals surface area contributed by atoms with Crippen LogP contribution in [0.4, 0.5) is 11.4 Å². The molecular weight excluding hydrogens is 304 g/mol. The van der Waals surface area contributed by atoms with Gasteiger partial charge in [-0.2, -0.15) is 0 Å². The molecule has 22 heavy (non-hydrogen) atoms. The fourth-order valence-corrected chi connectivity index (χ4v) is 3.11. The number of methoxy groups -OCH3 is 1. The Kier molecular flexibility index (Phi) is 4.67. The lowest BCUT2D eigenvalue weighted by molar-refractivity contribution is -0.114. The number of sulfonamides is 1. The summed E-state index contributed by atoms with van der Waals surface area (Å²) in [5.41, 5.74) is 0.979. The van der Waals surface area contributed by atoms with Gasteiger partial charge in [0.2, 0.25) is 5.91 Å². The Morgan fingerprint density at radius 1 is 1.00 bits per heavy atom. The van der Waals surface area contributed by atoms with E-state index in [0.717, 1.165) is 0 Å². The Balaban J connectivity index is 2.23. The van der Waals surface area contributed by atoms with Crippen LogP contribution in [0.5, 0.6) is 5.75 Å². The quantitative estimate of drug-likeness (QED) is 0.886. The van der Waals surface area contributed by atoms with E-state index in [0.29, 0.717) is 11.4 Å². The molecule has 0 radical (unpaired) electrons. The molecule has 0 aliphatic heterocycles. The molecule has 116 valence electrons. The van der Waals surface area contributed by atoms with Gasteiger partial charge < -0.3 is 10.1 Å². The molecule has 0 bridgehead atoms. The molecule has 2 aromatic carbocycles. The minimum Gasteiger partial charge on any atom is -0.495 e. The van der Waals surface area contributed by atoms with Crippen LogP contribution in [0, 0.1) is 0 Å². The summed E-state index contributed by atoms with van der Waals surface area (Å²) >= 11 is 0. The molecule has 0 aromatic heterocycles. The molecule has 2 aromatic rings. The smallest absolute Gasteiger partial charge is 0.265 e. The molecule has 0 spiro atoms. The van der Waals surface area contributed by atoms with Gasteiger partial charge in [0.15, 0.2) is 0 Å². The molecule has 0 unspecified atom stereocenters. The van der Waals surface area contributed by atoms with Crippen molar-refractivity contribution in [1.82, 2.24) is 0 Å². The normalized spacial score (nSPS) is 10.8. The summed E-state index contributed by atoms with van der Waals surface area (Å²) < 4.78 is 32.3. The van der Waals surface area contributed by atoms with Gasteiger partial charge in [0.25, 0.3) is 10.0 Å². The summed E-state index contributed by atoms with van der Waals surface area (Å²) in [5.74, 6) is 0.0761. The summed E-state index contributed by atoms with van der Waals surface area (Å²) in [6.07, 6.45) is 0. The van der Waals surface area contributed by atoms with Crippen LogP contribution in [0.1, 0.15) is 6.92 Å². The third-order valence-corrected chi connectivity index (χ3v) is 4.24. The number of ether oxygens (including phenoxy) is 1. The molecule has 2 N–H and O–H groups in total. The number of para-hydroxylation sites is 1. The van der Waals surface area contributed by atoms with E-state index < -0.39 is 10.0 Å². The van der Waals surface area contributed by atoms with Gasteiger partial charge in [0, 0.05) is 18.3 Å². The lowest BCUT2D eigenvalue weighted by Crippen LogP contribution is -2.14. The summed E-state index contributed by atoms with van der Waals surface area (Å²) in [7, 11) is -2.34. The van der Waals surface area contributed by atoms with Gasteiger partial charge in [-0.05, 0) is 36.4 Å². The lowest BCUT2D eigenvalue weighted by Gasteiger charge is -2.11. The number of carbonyl (C=O) groups excluding carboxylic acids is 1. The second-order valence-corrected chi connectivity index (χ2v) is 6.17. The standard InChI is InChI=1S/C15H16N2O4S/c1-11(18)16-12-7-9-13(10-8-12)17-22(19,20)15-6-4-3-5-14(15)21-2/h3-10,17H,1-2H3,(H,16,18). The Labute approximate surface area is 129 Å². The highest BCUT2D eigenvalue weighted by atomic mass is 32.2. The van der Waals surface area contributed by atoms with Crippen molar-refractivity contribution in [2.45, 2.75) is 11.8 Å². The number of carbonyl (C=O) groups is 1. The molecule has 0 heterocycles. The number of benzene rings is 2. The van der Waals surface area contributed by atoms with Crippen molar-refractivity contribution in [1.29, 1.82) is 0 Å².